The number of benzene rings is 2. The summed E-state index contributed by atoms with van der Waals surface area (Å²) in [6, 6.07) is 17.8. The molecular formula is C21H25NO3. The summed E-state index contributed by atoms with van der Waals surface area (Å²) >= 11 is 0. The minimum absolute atomic E-state index is 0.0677. The second-order valence-corrected chi connectivity index (χ2v) is 6.53. The number of carbonyl (C=O) groups excluding carboxylic acids is 1. The molecule has 1 atom stereocenters. The van der Waals surface area contributed by atoms with Gasteiger partial charge in [-0.1, -0.05) is 42.5 Å². The molecule has 2 aromatic carbocycles. The molecule has 0 aliphatic carbocycles. The Bertz CT molecular complexity index is 691. The lowest BCUT2D eigenvalue weighted by molar-refractivity contribution is -0.131. The summed E-state index contributed by atoms with van der Waals surface area (Å²) in [6.07, 6.45) is 1.41. The van der Waals surface area contributed by atoms with Crippen molar-refractivity contribution in [1.29, 1.82) is 0 Å². The van der Waals surface area contributed by atoms with E-state index in [1.54, 1.807) is 7.11 Å². The van der Waals surface area contributed by atoms with Crippen molar-refractivity contribution in [2.75, 3.05) is 20.3 Å². The van der Waals surface area contributed by atoms with Gasteiger partial charge in [-0.3, -0.25) is 4.79 Å². The fourth-order valence-electron chi connectivity index (χ4n) is 3.43. The van der Waals surface area contributed by atoms with Crippen molar-refractivity contribution in [1.82, 2.24) is 5.32 Å². The minimum atomic E-state index is -0.514. The zero-order chi connectivity index (χ0) is 17.7. The van der Waals surface area contributed by atoms with E-state index in [4.69, 9.17) is 9.47 Å². The molecule has 132 valence electrons. The number of amides is 1. The zero-order valence-electron chi connectivity index (χ0n) is 14.8. The zero-order valence-corrected chi connectivity index (χ0v) is 14.8. The molecule has 0 saturated carbocycles. The number of hydrogen-bond acceptors (Lipinski definition) is 3. The van der Waals surface area contributed by atoms with Gasteiger partial charge < -0.3 is 14.8 Å². The lowest BCUT2D eigenvalue weighted by atomic mass is 9.73. The van der Waals surface area contributed by atoms with Crippen LogP contribution in [-0.4, -0.2) is 26.2 Å². The molecule has 1 heterocycles. The maximum Gasteiger partial charge on any atom is 0.231 e. The molecule has 4 nitrogen and oxygen atoms in total. The third kappa shape index (κ3) is 3.69. The van der Waals surface area contributed by atoms with Gasteiger partial charge in [0.05, 0.1) is 18.6 Å². The SMILES string of the molecule is COc1ccc([C@@H](C)NC(=O)C2(c3ccccc3)CCOCC2)cc1. The fourth-order valence-corrected chi connectivity index (χ4v) is 3.43. The number of nitrogens with one attached hydrogen (secondary N) is 1. The van der Waals surface area contributed by atoms with Crippen LogP contribution >= 0.6 is 0 Å². The van der Waals surface area contributed by atoms with Crippen LogP contribution < -0.4 is 10.1 Å². The lowest BCUT2D eigenvalue weighted by Gasteiger charge is -2.37. The fraction of sp³-hybridized carbons (Fsp3) is 0.381. The van der Waals surface area contributed by atoms with Gasteiger partial charge >= 0.3 is 0 Å². The van der Waals surface area contributed by atoms with Crippen LogP contribution in [0.4, 0.5) is 0 Å². The molecule has 25 heavy (non-hydrogen) atoms. The number of ether oxygens (including phenoxy) is 2. The highest BCUT2D eigenvalue weighted by Gasteiger charge is 2.42. The second kappa shape index (κ2) is 7.70. The van der Waals surface area contributed by atoms with Gasteiger partial charge in [-0.05, 0) is 43.0 Å². The van der Waals surface area contributed by atoms with Crippen molar-refractivity contribution in [3.8, 4) is 5.75 Å². The summed E-state index contributed by atoms with van der Waals surface area (Å²) in [5.74, 6) is 0.887. The number of carbonyl (C=O) groups is 1. The average Bonchev–Trinajstić information content (AvgIpc) is 2.69. The van der Waals surface area contributed by atoms with Crippen molar-refractivity contribution >= 4 is 5.91 Å². The predicted octanol–water partition coefficient (Wildman–Crippen LogP) is 3.62. The average molecular weight is 339 g/mol. The van der Waals surface area contributed by atoms with Gasteiger partial charge in [0.2, 0.25) is 5.91 Å². The molecule has 1 saturated heterocycles. The van der Waals surface area contributed by atoms with Crippen molar-refractivity contribution in [3.63, 3.8) is 0 Å². The highest BCUT2D eigenvalue weighted by molar-refractivity contribution is 5.88. The van der Waals surface area contributed by atoms with E-state index in [9.17, 15) is 4.79 Å². The number of hydrogen-bond donors (Lipinski definition) is 1. The Morgan fingerprint density at radius 1 is 1.08 bits per heavy atom. The molecule has 1 aliphatic heterocycles. The number of rotatable bonds is 5. The summed E-state index contributed by atoms with van der Waals surface area (Å²) in [5, 5.41) is 3.21. The molecule has 0 spiro atoms. The Balaban J connectivity index is 1.80. The first kappa shape index (κ1) is 17.5. The van der Waals surface area contributed by atoms with Crippen LogP contribution in [0.2, 0.25) is 0 Å². The summed E-state index contributed by atoms with van der Waals surface area (Å²) in [4.78, 5) is 13.2. The first-order valence-corrected chi connectivity index (χ1v) is 8.74. The second-order valence-electron chi connectivity index (χ2n) is 6.53. The van der Waals surface area contributed by atoms with Gasteiger partial charge in [-0.2, -0.15) is 0 Å². The first-order valence-electron chi connectivity index (χ1n) is 8.74. The molecule has 0 unspecified atom stereocenters. The van der Waals surface area contributed by atoms with Gasteiger partial charge in [-0.25, -0.2) is 0 Å². The monoisotopic (exact) mass is 339 g/mol. The Kier molecular flexibility index (Phi) is 5.39. The van der Waals surface area contributed by atoms with Crippen LogP contribution in [0.1, 0.15) is 36.9 Å². The van der Waals surface area contributed by atoms with Crippen LogP contribution in [0, 0.1) is 0 Å². The Labute approximate surface area is 149 Å². The third-order valence-corrected chi connectivity index (χ3v) is 5.07. The number of methoxy groups -OCH3 is 1. The normalized spacial score (nSPS) is 17.5. The third-order valence-electron chi connectivity index (χ3n) is 5.07. The van der Waals surface area contributed by atoms with Crippen LogP contribution in [-0.2, 0) is 14.9 Å². The highest BCUT2D eigenvalue weighted by atomic mass is 16.5. The maximum absolute atomic E-state index is 13.2. The van der Waals surface area contributed by atoms with Gasteiger partial charge in [0.1, 0.15) is 5.75 Å². The smallest absolute Gasteiger partial charge is 0.231 e. The van der Waals surface area contributed by atoms with E-state index < -0.39 is 5.41 Å². The van der Waals surface area contributed by atoms with E-state index in [1.807, 2.05) is 61.5 Å². The summed E-state index contributed by atoms with van der Waals surface area (Å²) in [7, 11) is 1.65. The van der Waals surface area contributed by atoms with Gasteiger partial charge in [-0.15, -0.1) is 0 Å². The molecule has 0 bridgehead atoms. The first-order chi connectivity index (χ1) is 12.2. The lowest BCUT2D eigenvalue weighted by Crippen LogP contribution is -2.48. The summed E-state index contributed by atoms with van der Waals surface area (Å²) in [5.41, 5.74) is 1.61. The molecule has 1 amide bonds. The summed E-state index contributed by atoms with van der Waals surface area (Å²) in [6.45, 7) is 3.23. The molecular weight excluding hydrogens is 314 g/mol. The molecule has 2 aromatic rings. The van der Waals surface area contributed by atoms with Crippen molar-refractivity contribution in [2.45, 2.75) is 31.2 Å². The van der Waals surface area contributed by atoms with E-state index in [0.29, 0.717) is 26.1 Å². The van der Waals surface area contributed by atoms with E-state index in [0.717, 1.165) is 16.9 Å². The van der Waals surface area contributed by atoms with E-state index in [2.05, 4.69) is 5.32 Å². The van der Waals surface area contributed by atoms with Crippen LogP contribution in [0.25, 0.3) is 0 Å². The van der Waals surface area contributed by atoms with Crippen molar-refractivity contribution in [2.24, 2.45) is 0 Å². The van der Waals surface area contributed by atoms with Crippen LogP contribution in [0.3, 0.4) is 0 Å². The highest BCUT2D eigenvalue weighted by Crippen LogP contribution is 2.35. The molecule has 4 heteroatoms. The molecule has 1 aliphatic rings. The quantitative estimate of drug-likeness (QED) is 0.905. The van der Waals surface area contributed by atoms with Gasteiger partial charge in [0.15, 0.2) is 0 Å². The van der Waals surface area contributed by atoms with E-state index in [1.165, 1.54) is 0 Å². The standard InChI is InChI=1S/C21H25NO3/c1-16(17-8-10-19(24-2)11-9-17)22-20(23)21(12-14-25-15-13-21)18-6-4-3-5-7-18/h3-11,16H,12-15H2,1-2H3,(H,22,23)/t16-/m1/s1. The predicted molar refractivity (Wildman–Crippen MR) is 97.7 cm³/mol. The van der Waals surface area contributed by atoms with Crippen LogP contribution in [0.5, 0.6) is 5.75 Å². The Morgan fingerprint density at radius 2 is 1.72 bits per heavy atom. The Morgan fingerprint density at radius 3 is 2.32 bits per heavy atom. The minimum Gasteiger partial charge on any atom is -0.497 e. The molecule has 3 rings (SSSR count). The topological polar surface area (TPSA) is 47.6 Å². The van der Waals surface area contributed by atoms with Gasteiger partial charge in [0, 0.05) is 13.2 Å². The van der Waals surface area contributed by atoms with Gasteiger partial charge in [0.25, 0.3) is 0 Å². The van der Waals surface area contributed by atoms with Crippen molar-refractivity contribution in [3.05, 3.63) is 65.7 Å². The van der Waals surface area contributed by atoms with E-state index in [-0.39, 0.29) is 11.9 Å². The maximum atomic E-state index is 13.2. The van der Waals surface area contributed by atoms with Crippen LogP contribution in [0.15, 0.2) is 54.6 Å². The largest absolute Gasteiger partial charge is 0.497 e. The summed E-state index contributed by atoms with van der Waals surface area (Å²) < 4.78 is 10.7. The molecule has 0 aromatic heterocycles. The van der Waals surface area contributed by atoms with Crippen molar-refractivity contribution < 1.29 is 14.3 Å². The molecule has 1 fully saturated rings. The Hall–Kier alpha value is -2.33. The molecule has 1 N–H and O–H groups in total. The van der Waals surface area contributed by atoms with E-state index >= 15 is 0 Å². The molecule has 0 radical (unpaired) electrons.